The maximum Gasteiger partial charge on any atom is 0.343 e. The highest BCUT2D eigenvalue weighted by Gasteiger charge is 2.13. The molecule has 1 aromatic heterocycles. The number of nitrogens with one attached hydrogen (secondary N) is 1. The SMILES string of the molecule is COC(=O)c1cncnc1Nc1cc(F)cc(F)c1. The average Bonchev–Trinajstić information content (AvgIpc) is 2.37. The molecule has 0 amide bonds. The van der Waals surface area contributed by atoms with Crippen molar-refractivity contribution < 1.29 is 18.3 Å². The Bertz CT molecular complexity index is 599. The first-order chi connectivity index (χ1) is 9.10. The molecule has 2 rings (SSSR count). The molecule has 2 aromatic rings. The van der Waals surface area contributed by atoms with Crippen molar-refractivity contribution in [2.45, 2.75) is 0 Å². The predicted molar refractivity (Wildman–Crippen MR) is 63.0 cm³/mol. The fourth-order valence-corrected chi connectivity index (χ4v) is 1.45. The standard InChI is InChI=1S/C12H9F2N3O2/c1-19-12(18)10-5-15-6-16-11(10)17-9-3-7(13)2-8(14)4-9/h2-6H,1H3,(H,15,16,17). The minimum Gasteiger partial charge on any atom is -0.465 e. The molecule has 0 saturated heterocycles. The molecule has 19 heavy (non-hydrogen) atoms. The number of nitrogens with zero attached hydrogens (tertiary/aromatic N) is 2. The molecule has 1 heterocycles. The van der Waals surface area contributed by atoms with Crippen LogP contribution >= 0.6 is 0 Å². The zero-order valence-corrected chi connectivity index (χ0v) is 9.85. The van der Waals surface area contributed by atoms with E-state index in [-0.39, 0.29) is 17.1 Å². The van der Waals surface area contributed by atoms with E-state index in [1.807, 2.05) is 0 Å². The van der Waals surface area contributed by atoms with Crippen molar-refractivity contribution >= 4 is 17.5 Å². The Morgan fingerprint density at radius 2 is 1.95 bits per heavy atom. The minimum atomic E-state index is -0.740. The smallest absolute Gasteiger partial charge is 0.343 e. The van der Waals surface area contributed by atoms with Crippen molar-refractivity contribution in [2.75, 3.05) is 12.4 Å². The number of methoxy groups -OCH3 is 1. The van der Waals surface area contributed by atoms with Crippen LogP contribution in [0.1, 0.15) is 10.4 Å². The normalized spacial score (nSPS) is 10.1. The van der Waals surface area contributed by atoms with E-state index in [0.29, 0.717) is 0 Å². The summed E-state index contributed by atoms with van der Waals surface area (Å²) in [5, 5.41) is 2.64. The second kappa shape index (κ2) is 5.38. The molecule has 0 radical (unpaired) electrons. The number of rotatable bonds is 3. The number of benzene rings is 1. The van der Waals surface area contributed by atoms with Crippen molar-refractivity contribution in [2.24, 2.45) is 0 Å². The van der Waals surface area contributed by atoms with Gasteiger partial charge >= 0.3 is 5.97 Å². The second-order valence-electron chi connectivity index (χ2n) is 3.56. The Balaban J connectivity index is 2.35. The molecule has 0 aliphatic rings. The van der Waals surface area contributed by atoms with Crippen LogP contribution in [0.15, 0.2) is 30.7 Å². The molecule has 5 nitrogen and oxygen atoms in total. The molecule has 1 aromatic carbocycles. The van der Waals surface area contributed by atoms with E-state index in [4.69, 9.17) is 0 Å². The van der Waals surface area contributed by atoms with Crippen molar-refractivity contribution in [3.63, 3.8) is 0 Å². The van der Waals surface area contributed by atoms with Gasteiger partial charge in [-0.3, -0.25) is 0 Å². The van der Waals surface area contributed by atoms with E-state index in [1.165, 1.54) is 19.6 Å². The lowest BCUT2D eigenvalue weighted by atomic mass is 10.2. The molecule has 0 aliphatic carbocycles. The van der Waals surface area contributed by atoms with E-state index in [1.54, 1.807) is 0 Å². The summed E-state index contributed by atoms with van der Waals surface area (Å²) < 4.78 is 30.7. The van der Waals surface area contributed by atoms with Gasteiger partial charge in [-0.25, -0.2) is 23.5 Å². The minimum absolute atomic E-state index is 0.0645. The van der Waals surface area contributed by atoms with Crippen molar-refractivity contribution in [1.29, 1.82) is 0 Å². The van der Waals surface area contributed by atoms with Crippen LogP contribution in [0.2, 0.25) is 0 Å². The summed E-state index contributed by atoms with van der Waals surface area (Å²) in [5.74, 6) is -2.03. The zero-order chi connectivity index (χ0) is 13.8. The van der Waals surface area contributed by atoms with Crippen molar-refractivity contribution in [1.82, 2.24) is 9.97 Å². The van der Waals surface area contributed by atoms with Gasteiger partial charge in [0.1, 0.15) is 29.3 Å². The third-order valence-electron chi connectivity index (χ3n) is 2.24. The van der Waals surface area contributed by atoms with Gasteiger partial charge in [-0.05, 0) is 12.1 Å². The third kappa shape index (κ3) is 3.01. The molecule has 0 spiro atoms. The number of ether oxygens (including phenoxy) is 1. The van der Waals surface area contributed by atoms with Gasteiger partial charge in [0.2, 0.25) is 0 Å². The molecule has 1 N–H and O–H groups in total. The Morgan fingerprint density at radius 3 is 2.58 bits per heavy atom. The van der Waals surface area contributed by atoms with Crippen LogP contribution in [-0.4, -0.2) is 23.0 Å². The van der Waals surface area contributed by atoms with E-state index in [2.05, 4.69) is 20.0 Å². The van der Waals surface area contributed by atoms with Crippen LogP contribution in [0.4, 0.5) is 20.3 Å². The topological polar surface area (TPSA) is 64.1 Å². The van der Waals surface area contributed by atoms with Crippen LogP contribution in [-0.2, 0) is 4.74 Å². The third-order valence-corrected chi connectivity index (χ3v) is 2.24. The molecule has 0 saturated carbocycles. The number of hydrogen-bond acceptors (Lipinski definition) is 5. The van der Waals surface area contributed by atoms with Gasteiger partial charge in [0.25, 0.3) is 0 Å². The molecule has 0 bridgehead atoms. The fraction of sp³-hybridized carbons (Fsp3) is 0.0833. The van der Waals surface area contributed by atoms with Crippen LogP contribution in [0.25, 0.3) is 0 Å². The molecule has 7 heteroatoms. The summed E-state index contributed by atoms with van der Waals surface area (Å²) in [6.07, 6.45) is 2.45. The lowest BCUT2D eigenvalue weighted by Gasteiger charge is -2.09. The van der Waals surface area contributed by atoms with Crippen LogP contribution in [0, 0.1) is 11.6 Å². The average molecular weight is 265 g/mol. The second-order valence-corrected chi connectivity index (χ2v) is 3.56. The highest BCUT2D eigenvalue weighted by molar-refractivity contribution is 5.94. The van der Waals surface area contributed by atoms with Gasteiger partial charge in [-0.1, -0.05) is 0 Å². The Hall–Kier alpha value is -2.57. The van der Waals surface area contributed by atoms with Gasteiger partial charge in [0.15, 0.2) is 0 Å². The van der Waals surface area contributed by atoms with Crippen LogP contribution in [0.3, 0.4) is 0 Å². The molecule has 0 aliphatic heterocycles. The van der Waals surface area contributed by atoms with Gasteiger partial charge in [-0.15, -0.1) is 0 Å². The number of anilines is 2. The quantitative estimate of drug-likeness (QED) is 0.862. The number of halogens is 2. The summed E-state index contributed by atoms with van der Waals surface area (Å²) in [7, 11) is 1.21. The largest absolute Gasteiger partial charge is 0.465 e. The molecule has 0 atom stereocenters. The fourth-order valence-electron chi connectivity index (χ4n) is 1.45. The summed E-state index contributed by atoms with van der Waals surface area (Å²) in [6.45, 7) is 0. The summed E-state index contributed by atoms with van der Waals surface area (Å²) in [4.78, 5) is 19.0. The Kier molecular flexibility index (Phi) is 3.65. The Morgan fingerprint density at radius 1 is 1.26 bits per heavy atom. The number of aromatic nitrogens is 2. The number of hydrogen-bond donors (Lipinski definition) is 1. The van der Waals surface area contributed by atoms with Gasteiger partial charge < -0.3 is 10.1 Å². The Labute approximate surface area is 107 Å². The van der Waals surface area contributed by atoms with E-state index in [0.717, 1.165) is 18.2 Å². The monoisotopic (exact) mass is 265 g/mol. The maximum atomic E-state index is 13.1. The molecule has 0 fully saturated rings. The first kappa shape index (κ1) is 12.9. The van der Waals surface area contributed by atoms with E-state index >= 15 is 0 Å². The highest BCUT2D eigenvalue weighted by atomic mass is 19.1. The predicted octanol–water partition coefficient (Wildman–Crippen LogP) is 2.29. The number of esters is 1. The van der Waals surface area contributed by atoms with Gasteiger partial charge in [0, 0.05) is 18.0 Å². The number of carbonyl (C=O) groups excluding carboxylic acids is 1. The van der Waals surface area contributed by atoms with Crippen molar-refractivity contribution in [3.05, 3.63) is 47.9 Å². The molecular formula is C12H9F2N3O2. The highest BCUT2D eigenvalue weighted by Crippen LogP contribution is 2.20. The van der Waals surface area contributed by atoms with E-state index in [9.17, 15) is 13.6 Å². The lowest BCUT2D eigenvalue weighted by molar-refractivity contribution is 0.0601. The molecule has 98 valence electrons. The van der Waals surface area contributed by atoms with Crippen LogP contribution in [0.5, 0.6) is 0 Å². The van der Waals surface area contributed by atoms with Gasteiger partial charge in [0.05, 0.1) is 7.11 Å². The van der Waals surface area contributed by atoms with Crippen LogP contribution < -0.4 is 5.32 Å². The summed E-state index contributed by atoms with van der Waals surface area (Å²) in [6, 6.07) is 2.89. The molecular weight excluding hydrogens is 256 g/mol. The van der Waals surface area contributed by atoms with Crippen molar-refractivity contribution in [3.8, 4) is 0 Å². The first-order valence-corrected chi connectivity index (χ1v) is 5.21. The van der Waals surface area contributed by atoms with Gasteiger partial charge in [-0.2, -0.15) is 0 Å². The summed E-state index contributed by atoms with van der Waals surface area (Å²) >= 11 is 0. The number of carbonyl (C=O) groups is 1. The maximum absolute atomic E-state index is 13.1. The molecule has 0 unspecified atom stereocenters. The zero-order valence-electron chi connectivity index (χ0n) is 9.85. The lowest BCUT2D eigenvalue weighted by Crippen LogP contribution is -2.08. The summed E-state index contributed by atoms with van der Waals surface area (Å²) in [5.41, 5.74) is 0.191. The first-order valence-electron chi connectivity index (χ1n) is 5.21. The van der Waals surface area contributed by atoms with E-state index < -0.39 is 17.6 Å².